The first-order valence-electron chi connectivity index (χ1n) is 4.99. The minimum Gasteiger partial charge on any atom is -0.469 e. The Morgan fingerprint density at radius 1 is 1.47 bits per heavy atom. The number of carbonyl (C=O) groups excluding carboxylic acids is 1. The molecule has 0 radical (unpaired) electrons. The number of methoxy groups -OCH3 is 1. The summed E-state index contributed by atoms with van der Waals surface area (Å²) in [7, 11) is 1.36. The van der Waals surface area contributed by atoms with Crippen LogP contribution in [-0.2, 0) is 9.53 Å². The number of thioether (sulfide) groups is 1. The number of nitrogens with zero attached hydrogens (tertiary/aromatic N) is 1. The summed E-state index contributed by atoms with van der Waals surface area (Å²) in [4.78, 5) is 22.1. The molecular weight excluding hydrogens is 242 g/mol. The Balaban J connectivity index is 2.53. The van der Waals surface area contributed by atoms with Gasteiger partial charge < -0.3 is 4.74 Å². The number of hydrogen-bond acceptors (Lipinski definition) is 5. The zero-order chi connectivity index (χ0) is 12.8. The highest BCUT2D eigenvalue weighted by molar-refractivity contribution is 7.99. The maximum Gasteiger partial charge on any atom is 0.309 e. The number of hydrogen-bond donors (Lipinski definition) is 0. The van der Waals surface area contributed by atoms with Crippen LogP contribution in [-0.4, -0.2) is 23.8 Å². The number of rotatable bonds is 5. The van der Waals surface area contributed by atoms with Gasteiger partial charge in [-0.05, 0) is 12.1 Å². The van der Waals surface area contributed by atoms with Gasteiger partial charge in [0.05, 0.1) is 18.0 Å². The predicted molar refractivity (Wildman–Crippen MR) is 65.0 cm³/mol. The number of ether oxygens (including phenoxy) is 1. The van der Waals surface area contributed by atoms with Gasteiger partial charge in [-0.2, -0.15) is 0 Å². The minimum absolute atomic E-state index is 0.0652. The van der Waals surface area contributed by atoms with Crippen LogP contribution in [0.2, 0.25) is 0 Å². The van der Waals surface area contributed by atoms with Gasteiger partial charge in [-0.15, -0.1) is 11.8 Å². The molecule has 1 rings (SSSR count). The third-order valence-corrected chi connectivity index (χ3v) is 3.42. The molecule has 0 saturated carbocycles. The number of nitro groups is 1. The monoisotopic (exact) mass is 255 g/mol. The number of esters is 1. The standard InChI is InChI=1S/C11H13NO4S/c1-8(11(13)16-2)7-17-10-5-3-9(4-6-10)12(14)15/h3-6,8H,7H2,1-2H3. The van der Waals surface area contributed by atoms with E-state index >= 15 is 0 Å². The van der Waals surface area contributed by atoms with Crippen molar-refractivity contribution in [2.75, 3.05) is 12.9 Å². The summed E-state index contributed by atoms with van der Waals surface area (Å²) in [5.74, 6) is 0.143. The molecule has 0 N–H and O–H groups in total. The van der Waals surface area contributed by atoms with Gasteiger partial charge in [0.1, 0.15) is 0 Å². The molecule has 0 amide bonds. The van der Waals surface area contributed by atoms with E-state index in [1.165, 1.54) is 31.0 Å². The fraction of sp³-hybridized carbons (Fsp3) is 0.364. The van der Waals surface area contributed by atoms with Crippen LogP contribution in [0.15, 0.2) is 29.2 Å². The van der Waals surface area contributed by atoms with E-state index in [0.29, 0.717) is 5.75 Å². The van der Waals surface area contributed by atoms with Crippen LogP contribution in [0.25, 0.3) is 0 Å². The fourth-order valence-electron chi connectivity index (χ4n) is 1.15. The first-order valence-corrected chi connectivity index (χ1v) is 5.98. The predicted octanol–water partition coefficient (Wildman–Crippen LogP) is 2.50. The number of carbonyl (C=O) groups is 1. The second-order valence-corrected chi connectivity index (χ2v) is 4.58. The quantitative estimate of drug-likeness (QED) is 0.350. The molecule has 1 aromatic carbocycles. The lowest BCUT2D eigenvalue weighted by Crippen LogP contribution is -2.14. The summed E-state index contributed by atoms with van der Waals surface area (Å²) in [6.45, 7) is 1.78. The Hall–Kier alpha value is -1.56. The maximum absolute atomic E-state index is 11.2. The summed E-state index contributed by atoms with van der Waals surface area (Å²) < 4.78 is 4.61. The molecular formula is C11H13NO4S. The Morgan fingerprint density at radius 2 is 2.06 bits per heavy atom. The van der Waals surface area contributed by atoms with Gasteiger partial charge in [0.2, 0.25) is 0 Å². The van der Waals surface area contributed by atoms with Gasteiger partial charge in [0.25, 0.3) is 5.69 Å². The van der Waals surface area contributed by atoms with Crippen molar-refractivity contribution in [3.8, 4) is 0 Å². The molecule has 0 aromatic heterocycles. The molecule has 17 heavy (non-hydrogen) atoms. The van der Waals surface area contributed by atoms with Crippen molar-refractivity contribution in [2.24, 2.45) is 5.92 Å². The average Bonchev–Trinajstić information content (AvgIpc) is 2.35. The molecule has 0 aliphatic heterocycles. The molecule has 6 heteroatoms. The van der Waals surface area contributed by atoms with Crippen molar-refractivity contribution in [2.45, 2.75) is 11.8 Å². The first-order chi connectivity index (χ1) is 8.04. The van der Waals surface area contributed by atoms with Crippen LogP contribution in [0.3, 0.4) is 0 Å². The van der Waals surface area contributed by atoms with Crippen LogP contribution in [0, 0.1) is 16.0 Å². The third kappa shape index (κ3) is 4.07. The fourth-order valence-corrected chi connectivity index (χ4v) is 2.06. The third-order valence-electron chi connectivity index (χ3n) is 2.15. The molecule has 1 atom stereocenters. The van der Waals surface area contributed by atoms with E-state index in [2.05, 4.69) is 4.74 Å². The van der Waals surface area contributed by atoms with Crippen molar-refractivity contribution in [3.05, 3.63) is 34.4 Å². The van der Waals surface area contributed by atoms with Gasteiger partial charge in [-0.25, -0.2) is 0 Å². The zero-order valence-corrected chi connectivity index (χ0v) is 10.4. The molecule has 0 heterocycles. The summed E-state index contributed by atoms with van der Waals surface area (Å²) in [6.07, 6.45) is 0. The second-order valence-electron chi connectivity index (χ2n) is 3.49. The minimum atomic E-state index is -0.439. The molecule has 0 fully saturated rings. The lowest BCUT2D eigenvalue weighted by atomic mass is 10.2. The summed E-state index contributed by atoms with van der Waals surface area (Å²) in [5, 5.41) is 10.4. The molecule has 0 spiro atoms. The normalized spacial score (nSPS) is 11.9. The second kappa shape index (κ2) is 6.24. The Kier molecular flexibility index (Phi) is 4.96. The van der Waals surface area contributed by atoms with E-state index in [1.807, 2.05) is 0 Å². The number of benzene rings is 1. The van der Waals surface area contributed by atoms with E-state index in [4.69, 9.17) is 0 Å². The van der Waals surface area contributed by atoms with Crippen LogP contribution in [0.4, 0.5) is 5.69 Å². The van der Waals surface area contributed by atoms with Crippen molar-refractivity contribution in [1.29, 1.82) is 0 Å². The van der Waals surface area contributed by atoms with Gasteiger partial charge in [0.15, 0.2) is 0 Å². The van der Waals surface area contributed by atoms with E-state index in [0.717, 1.165) is 4.90 Å². The van der Waals surface area contributed by atoms with Crippen LogP contribution in [0.5, 0.6) is 0 Å². The first kappa shape index (κ1) is 13.5. The molecule has 1 unspecified atom stereocenters. The average molecular weight is 255 g/mol. The molecule has 92 valence electrons. The molecule has 1 aromatic rings. The van der Waals surface area contributed by atoms with Crippen molar-refractivity contribution >= 4 is 23.4 Å². The lowest BCUT2D eigenvalue weighted by Gasteiger charge is -2.08. The van der Waals surface area contributed by atoms with Crippen molar-refractivity contribution < 1.29 is 14.5 Å². The maximum atomic E-state index is 11.2. The van der Waals surface area contributed by atoms with Crippen molar-refractivity contribution in [3.63, 3.8) is 0 Å². The molecule has 5 nitrogen and oxygen atoms in total. The van der Waals surface area contributed by atoms with E-state index in [-0.39, 0.29) is 17.6 Å². The van der Waals surface area contributed by atoms with E-state index in [9.17, 15) is 14.9 Å². The van der Waals surface area contributed by atoms with E-state index in [1.54, 1.807) is 19.1 Å². The molecule has 0 aliphatic carbocycles. The summed E-state index contributed by atoms with van der Waals surface area (Å²) >= 11 is 1.47. The van der Waals surface area contributed by atoms with Gasteiger partial charge in [-0.1, -0.05) is 6.92 Å². The van der Waals surface area contributed by atoms with Gasteiger partial charge in [0, 0.05) is 22.8 Å². The number of non-ortho nitro benzene ring substituents is 1. The Bertz CT molecular complexity index is 404. The molecule has 0 aliphatic rings. The Morgan fingerprint density at radius 3 is 2.53 bits per heavy atom. The Labute approximate surface area is 103 Å². The van der Waals surface area contributed by atoms with E-state index < -0.39 is 4.92 Å². The van der Waals surface area contributed by atoms with Crippen molar-refractivity contribution in [1.82, 2.24) is 0 Å². The summed E-state index contributed by atoms with van der Waals surface area (Å²) in [6, 6.07) is 6.25. The SMILES string of the molecule is COC(=O)C(C)CSc1ccc([N+](=O)[O-])cc1. The molecule has 0 bridgehead atoms. The van der Waals surface area contributed by atoms with Crippen LogP contribution in [0.1, 0.15) is 6.92 Å². The topological polar surface area (TPSA) is 69.4 Å². The lowest BCUT2D eigenvalue weighted by molar-refractivity contribution is -0.384. The van der Waals surface area contributed by atoms with Gasteiger partial charge >= 0.3 is 5.97 Å². The van der Waals surface area contributed by atoms with Crippen LogP contribution >= 0.6 is 11.8 Å². The highest BCUT2D eigenvalue weighted by atomic mass is 32.2. The van der Waals surface area contributed by atoms with Gasteiger partial charge in [-0.3, -0.25) is 14.9 Å². The van der Waals surface area contributed by atoms with Crippen LogP contribution < -0.4 is 0 Å². The smallest absolute Gasteiger partial charge is 0.309 e. The largest absolute Gasteiger partial charge is 0.469 e. The summed E-state index contributed by atoms with van der Waals surface area (Å²) in [5.41, 5.74) is 0.0652. The highest BCUT2D eigenvalue weighted by Crippen LogP contribution is 2.23. The highest BCUT2D eigenvalue weighted by Gasteiger charge is 2.13. The zero-order valence-electron chi connectivity index (χ0n) is 9.58. The number of nitro benzene ring substituents is 1. The molecule has 0 saturated heterocycles.